The minimum absolute atomic E-state index is 0.0488. The van der Waals surface area contributed by atoms with Crippen LogP contribution in [0.4, 0.5) is 10.1 Å². The third-order valence-corrected chi connectivity index (χ3v) is 2.14. The first kappa shape index (κ1) is 11.8. The Labute approximate surface area is 91.9 Å². The Balaban J connectivity index is 2.71. The van der Waals surface area contributed by atoms with E-state index in [1.54, 1.807) is 6.92 Å². The van der Waals surface area contributed by atoms with Crippen LogP contribution in [0.3, 0.4) is 0 Å². The summed E-state index contributed by atoms with van der Waals surface area (Å²) in [5.41, 5.74) is 0.408. The summed E-state index contributed by atoms with van der Waals surface area (Å²) in [6, 6.07) is 3.60. The van der Waals surface area contributed by atoms with Crippen LogP contribution < -0.4 is 5.32 Å². The first-order chi connectivity index (χ1) is 6.99. The molecule has 0 amide bonds. The van der Waals surface area contributed by atoms with E-state index in [0.29, 0.717) is 10.7 Å². The summed E-state index contributed by atoms with van der Waals surface area (Å²) in [4.78, 5) is 10.4. The molecule has 82 valence electrons. The molecule has 0 radical (unpaired) electrons. The number of aliphatic carboxylic acids is 1. The highest BCUT2D eigenvalue weighted by molar-refractivity contribution is 6.33. The predicted molar refractivity (Wildman–Crippen MR) is 56.7 cm³/mol. The second kappa shape index (κ2) is 4.98. The van der Waals surface area contributed by atoms with Gasteiger partial charge in [-0.1, -0.05) is 11.6 Å². The minimum Gasteiger partial charge on any atom is -0.481 e. The SMILES string of the molecule is CC(CC(=O)O)Nc1cc(F)ccc1Cl. The summed E-state index contributed by atoms with van der Waals surface area (Å²) in [5, 5.41) is 11.7. The average molecular weight is 232 g/mol. The molecule has 0 fully saturated rings. The van der Waals surface area contributed by atoms with Crippen molar-refractivity contribution in [3.05, 3.63) is 29.0 Å². The monoisotopic (exact) mass is 231 g/mol. The lowest BCUT2D eigenvalue weighted by molar-refractivity contribution is -0.137. The molecule has 1 aromatic carbocycles. The highest BCUT2D eigenvalue weighted by Gasteiger charge is 2.09. The van der Waals surface area contributed by atoms with Crippen LogP contribution >= 0.6 is 11.6 Å². The van der Waals surface area contributed by atoms with Crippen LogP contribution in [0.2, 0.25) is 5.02 Å². The maximum Gasteiger partial charge on any atom is 0.305 e. The van der Waals surface area contributed by atoms with Crippen LogP contribution in [0.25, 0.3) is 0 Å². The number of rotatable bonds is 4. The zero-order valence-corrected chi connectivity index (χ0v) is 8.88. The lowest BCUT2D eigenvalue weighted by atomic mass is 10.2. The second-order valence-electron chi connectivity index (χ2n) is 3.27. The van der Waals surface area contributed by atoms with E-state index in [4.69, 9.17) is 16.7 Å². The highest BCUT2D eigenvalue weighted by atomic mass is 35.5. The van der Waals surface area contributed by atoms with Gasteiger partial charge >= 0.3 is 5.97 Å². The van der Waals surface area contributed by atoms with E-state index in [0.717, 1.165) is 0 Å². The van der Waals surface area contributed by atoms with E-state index in [2.05, 4.69) is 5.32 Å². The number of halogens is 2. The van der Waals surface area contributed by atoms with Crippen molar-refractivity contribution in [1.82, 2.24) is 0 Å². The minimum atomic E-state index is -0.914. The van der Waals surface area contributed by atoms with Gasteiger partial charge in [0.15, 0.2) is 0 Å². The second-order valence-corrected chi connectivity index (χ2v) is 3.67. The summed E-state index contributed by atoms with van der Waals surface area (Å²) >= 11 is 5.80. The van der Waals surface area contributed by atoms with Gasteiger partial charge in [0.25, 0.3) is 0 Å². The fraction of sp³-hybridized carbons (Fsp3) is 0.300. The number of carbonyl (C=O) groups is 1. The maximum absolute atomic E-state index is 12.8. The number of hydrogen-bond donors (Lipinski definition) is 2. The number of nitrogens with one attached hydrogen (secondary N) is 1. The van der Waals surface area contributed by atoms with E-state index < -0.39 is 11.8 Å². The number of hydrogen-bond acceptors (Lipinski definition) is 2. The molecule has 1 rings (SSSR count). The standard InChI is InChI=1S/C10H11ClFNO2/c1-6(4-10(14)15)13-9-5-7(12)2-3-8(9)11/h2-3,5-6,13H,4H2,1H3,(H,14,15). The van der Waals surface area contributed by atoms with E-state index in [1.165, 1.54) is 18.2 Å². The first-order valence-corrected chi connectivity index (χ1v) is 4.80. The lowest BCUT2D eigenvalue weighted by Gasteiger charge is -2.14. The van der Waals surface area contributed by atoms with Crippen molar-refractivity contribution < 1.29 is 14.3 Å². The molecule has 0 heterocycles. The van der Waals surface area contributed by atoms with Gasteiger partial charge in [-0.05, 0) is 25.1 Å². The van der Waals surface area contributed by atoms with Gasteiger partial charge in [-0.3, -0.25) is 4.79 Å². The fourth-order valence-corrected chi connectivity index (χ4v) is 1.36. The molecule has 3 nitrogen and oxygen atoms in total. The molecule has 0 saturated heterocycles. The van der Waals surface area contributed by atoms with Gasteiger partial charge in [0.05, 0.1) is 17.1 Å². The number of anilines is 1. The molecular formula is C10H11ClFNO2. The van der Waals surface area contributed by atoms with Crippen LogP contribution in [-0.2, 0) is 4.79 Å². The molecule has 2 N–H and O–H groups in total. The Hall–Kier alpha value is -1.29. The molecule has 5 heteroatoms. The Bertz CT molecular complexity index is 370. The van der Waals surface area contributed by atoms with E-state index in [1.807, 2.05) is 0 Å². The average Bonchev–Trinajstić information content (AvgIpc) is 2.10. The molecule has 0 bridgehead atoms. The van der Waals surface area contributed by atoms with Gasteiger partial charge in [0.2, 0.25) is 0 Å². The fourth-order valence-electron chi connectivity index (χ4n) is 1.19. The highest BCUT2D eigenvalue weighted by Crippen LogP contribution is 2.23. The Kier molecular flexibility index (Phi) is 3.91. The van der Waals surface area contributed by atoms with Gasteiger partial charge in [0, 0.05) is 6.04 Å². The van der Waals surface area contributed by atoms with Crippen molar-refractivity contribution >= 4 is 23.3 Å². The predicted octanol–water partition coefficient (Wildman–Crippen LogP) is 2.75. The normalized spacial score (nSPS) is 12.2. The van der Waals surface area contributed by atoms with Crippen LogP contribution in [0, 0.1) is 5.82 Å². The summed E-state index contributed by atoms with van der Waals surface area (Å²) in [5.74, 6) is -1.33. The van der Waals surface area contributed by atoms with Gasteiger partial charge < -0.3 is 10.4 Å². The van der Waals surface area contributed by atoms with E-state index >= 15 is 0 Å². The van der Waals surface area contributed by atoms with Crippen molar-refractivity contribution in [2.75, 3.05) is 5.32 Å². The Morgan fingerprint density at radius 2 is 2.33 bits per heavy atom. The van der Waals surface area contributed by atoms with Gasteiger partial charge in [-0.25, -0.2) is 4.39 Å². The molecule has 1 aromatic rings. The quantitative estimate of drug-likeness (QED) is 0.838. The zero-order valence-electron chi connectivity index (χ0n) is 8.13. The number of benzene rings is 1. The van der Waals surface area contributed by atoms with Crippen molar-refractivity contribution in [1.29, 1.82) is 0 Å². The van der Waals surface area contributed by atoms with Crippen LogP contribution in [0.15, 0.2) is 18.2 Å². The van der Waals surface area contributed by atoms with Crippen molar-refractivity contribution in [2.24, 2.45) is 0 Å². The Morgan fingerprint density at radius 1 is 1.67 bits per heavy atom. The van der Waals surface area contributed by atoms with Crippen molar-refractivity contribution in [2.45, 2.75) is 19.4 Å². The molecule has 1 unspecified atom stereocenters. The molecule has 0 aliphatic heterocycles. The van der Waals surface area contributed by atoms with Crippen molar-refractivity contribution in [3.8, 4) is 0 Å². The first-order valence-electron chi connectivity index (χ1n) is 4.42. The lowest BCUT2D eigenvalue weighted by Crippen LogP contribution is -2.19. The van der Waals surface area contributed by atoms with Gasteiger partial charge in [-0.2, -0.15) is 0 Å². The van der Waals surface area contributed by atoms with Gasteiger partial charge in [0.1, 0.15) is 5.82 Å². The zero-order chi connectivity index (χ0) is 11.4. The summed E-state index contributed by atoms with van der Waals surface area (Å²) in [6.45, 7) is 1.69. The van der Waals surface area contributed by atoms with Crippen molar-refractivity contribution in [3.63, 3.8) is 0 Å². The molecule has 0 aliphatic carbocycles. The topological polar surface area (TPSA) is 49.3 Å². The maximum atomic E-state index is 12.8. The van der Waals surface area contributed by atoms with Crippen LogP contribution in [0.5, 0.6) is 0 Å². The molecule has 0 aromatic heterocycles. The smallest absolute Gasteiger partial charge is 0.305 e. The summed E-state index contributed by atoms with van der Waals surface area (Å²) in [6.07, 6.45) is -0.0488. The molecule has 1 atom stereocenters. The summed E-state index contributed by atoms with van der Waals surface area (Å²) in [7, 11) is 0. The largest absolute Gasteiger partial charge is 0.481 e. The molecule has 0 aliphatic rings. The molecule has 15 heavy (non-hydrogen) atoms. The number of carboxylic acid groups (broad SMARTS) is 1. The van der Waals surface area contributed by atoms with Crippen LogP contribution in [-0.4, -0.2) is 17.1 Å². The molecule has 0 spiro atoms. The van der Waals surface area contributed by atoms with E-state index in [9.17, 15) is 9.18 Å². The Morgan fingerprint density at radius 3 is 2.93 bits per heavy atom. The van der Waals surface area contributed by atoms with Crippen LogP contribution in [0.1, 0.15) is 13.3 Å². The number of carboxylic acids is 1. The molecular weight excluding hydrogens is 221 g/mol. The third-order valence-electron chi connectivity index (χ3n) is 1.81. The van der Waals surface area contributed by atoms with E-state index in [-0.39, 0.29) is 12.5 Å². The molecule has 0 saturated carbocycles. The summed E-state index contributed by atoms with van der Waals surface area (Å²) < 4.78 is 12.8. The third kappa shape index (κ3) is 3.75. The van der Waals surface area contributed by atoms with Gasteiger partial charge in [-0.15, -0.1) is 0 Å².